The van der Waals surface area contributed by atoms with Crippen molar-refractivity contribution < 1.29 is 15.0 Å². The van der Waals surface area contributed by atoms with Crippen LogP contribution in [-0.2, 0) is 0 Å². The summed E-state index contributed by atoms with van der Waals surface area (Å²) in [6.07, 6.45) is 5.91. The van der Waals surface area contributed by atoms with Crippen LogP contribution in [0.4, 0.5) is 0 Å². The number of carbonyl (C=O) groups excluding carboxylic acids is 1. The van der Waals surface area contributed by atoms with Gasteiger partial charge in [-0.25, -0.2) is 0 Å². The highest BCUT2D eigenvalue weighted by atomic mass is 32.2. The number of aliphatic hydroxyl groups is 1. The summed E-state index contributed by atoms with van der Waals surface area (Å²) >= 11 is 1.64. The Hall–Kier alpha value is -2.02. The van der Waals surface area contributed by atoms with Crippen LogP contribution in [0.25, 0.3) is 0 Å². The first-order valence-corrected chi connectivity index (χ1v) is 13.2. The maximum absolute atomic E-state index is 13.1. The fraction of sp³-hybridized carbons (Fsp3) is 0.519. The number of likely N-dealkylation sites (tertiary alicyclic amines) is 1. The zero-order chi connectivity index (χ0) is 23.2. The predicted molar refractivity (Wildman–Crippen MR) is 134 cm³/mol. The number of benzene rings is 2. The van der Waals surface area contributed by atoms with Crippen LogP contribution in [0.2, 0.25) is 0 Å². The van der Waals surface area contributed by atoms with Crippen molar-refractivity contribution in [2.24, 2.45) is 11.8 Å². The van der Waals surface area contributed by atoms with Crippen molar-refractivity contribution in [3.8, 4) is 5.75 Å². The topological polar surface area (TPSA) is 72.8 Å². The summed E-state index contributed by atoms with van der Waals surface area (Å²) < 4.78 is 0. The van der Waals surface area contributed by atoms with Gasteiger partial charge in [0.2, 0.25) is 0 Å². The lowest BCUT2D eigenvalue weighted by Gasteiger charge is -2.42. The van der Waals surface area contributed by atoms with Crippen LogP contribution in [0.1, 0.15) is 48.0 Å². The van der Waals surface area contributed by atoms with Gasteiger partial charge in [-0.2, -0.15) is 0 Å². The number of β-amino-alcohol motifs (C(OH)–C–C–N with tert-alkyl or cyclic N) is 1. The SMILES string of the molecule is Cc1c(O)cccc1C(=O)N[C@@H](CSc1ccccc1)[C@H](O)CN1CC[C@@H]2CCCC[C@@H]2C1. The highest BCUT2D eigenvalue weighted by molar-refractivity contribution is 7.99. The summed E-state index contributed by atoms with van der Waals surface area (Å²) in [4.78, 5) is 16.6. The van der Waals surface area contributed by atoms with Crippen molar-refractivity contribution >= 4 is 17.7 Å². The number of piperidine rings is 1. The largest absolute Gasteiger partial charge is 0.508 e. The molecular weight excluding hydrogens is 432 g/mol. The number of phenolic OH excluding ortho intramolecular Hbond substituents is 1. The molecule has 2 aliphatic rings. The van der Waals surface area contributed by atoms with Gasteiger partial charge in [0, 0.05) is 34.9 Å². The minimum absolute atomic E-state index is 0.105. The Balaban J connectivity index is 1.43. The molecule has 2 aromatic rings. The van der Waals surface area contributed by atoms with E-state index in [1.807, 2.05) is 30.3 Å². The molecule has 5 nitrogen and oxygen atoms in total. The van der Waals surface area contributed by atoms with Gasteiger partial charge in [0.25, 0.3) is 5.91 Å². The summed E-state index contributed by atoms with van der Waals surface area (Å²) in [5, 5.41) is 24.3. The molecule has 0 radical (unpaired) electrons. The average Bonchev–Trinajstić information content (AvgIpc) is 2.83. The van der Waals surface area contributed by atoms with E-state index in [4.69, 9.17) is 0 Å². The zero-order valence-electron chi connectivity index (χ0n) is 19.5. The molecule has 0 aromatic heterocycles. The van der Waals surface area contributed by atoms with Crippen molar-refractivity contribution in [1.82, 2.24) is 10.2 Å². The number of fused-ring (bicyclic) bond motifs is 1. The molecule has 2 aromatic carbocycles. The molecule has 0 unspecified atom stereocenters. The highest BCUT2D eigenvalue weighted by Crippen LogP contribution is 2.36. The van der Waals surface area contributed by atoms with Gasteiger partial charge >= 0.3 is 0 Å². The molecule has 0 bridgehead atoms. The Labute approximate surface area is 201 Å². The lowest BCUT2D eigenvalue weighted by atomic mass is 9.75. The summed E-state index contributed by atoms with van der Waals surface area (Å²) in [7, 11) is 0. The molecule has 4 atom stereocenters. The highest BCUT2D eigenvalue weighted by Gasteiger charge is 2.33. The average molecular weight is 469 g/mol. The Bertz CT molecular complexity index is 923. The second-order valence-electron chi connectivity index (χ2n) is 9.57. The third-order valence-electron chi connectivity index (χ3n) is 7.32. The Morgan fingerprint density at radius 2 is 1.85 bits per heavy atom. The van der Waals surface area contributed by atoms with Crippen molar-refractivity contribution in [3.63, 3.8) is 0 Å². The van der Waals surface area contributed by atoms with Gasteiger partial charge in [-0.3, -0.25) is 4.79 Å². The quantitative estimate of drug-likeness (QED) is 0.499. The fourth-order valence-corrected chi connectivity index (χ4v) is 6.33. The first kappa shape index (κ1) is 24.1. The molecule has 1 amide bonds. The fourth-order valence-electron chi connectivity index (χ4n) is 5.30. The Kier molecular flexibility index (Phi) is 8.34. The normalized spacial score (nSPS) is 22.8. The van der Waals surface area contributed by atoms with Crippen LogP contribution >= 0.6 is 11.8 Å². The predicted octanol–water partition coefficient (Wildman–Crippen LogP) is 4.46. The number of phenols is 1. The van der Waals surface area contributed by atoms with Gasteiger partial charge in [-0.05, 0) is 62.4 Å². The second-order valence-corrected chi connectivity index (χ2v) is 10.7. The lowest BCUT2D eigenvalue weighted by Crippen LogP contribution is -2.52. The summed E-state index contributed by atoms with van der Waals surface area (Å²) in [6, 6.07) is 14.6. The van der Waals surface area contributed by atoms with Gasteiger partial charge < -0.3 is 20.4 Å². The van der Waals surface area contributed by atoms with Crippen LogP contribution in [-0.4, -0.2) is 58.6 Å². The van der Waals surface area contributed by atoms with Gasteiger partial charge in [0.15, 0.2) is 0 Å². The standard InChI is InChI=1S/C27H36N2O3S/c1-19-23(12-7-13-25(19)30)27(32)28-24(18-33-22-10-3-2-4-11-22)26(31)17-29-15-14-20-8-5-6-9-21(20)16-29/h2-4,7,10-13,20-21,24,26,30-31H,5-6,8-9,14-18H2,1H3,(H,28,32)/t20-,21+,24-,26+/m0/s1. The number of hydrogen-bond donors (Lipinski definition) is 3. The van der Waals surface area contributed by atoms with Crippen molar-refractivity contribution in [3.05, 3.63) is 59.7 Å². The number of nitrogens with zero attached hydrogens (tertiary/aromatic N) is 1. The maximum atomic E-state index is 13.1. The molecular formula is C27H36N2O3S. The van der Waals surface area contributed by atoms with Gasteiger partial charge in [-0.15, -0.1) is 11.8 Å². The van der Waals surface area contributed by atoms with E-state index < -0.39 is 12.1 Å². The van der Waals surface area contributed by atoms with E-state index in [0.717, 1.165) is 29.8 Å². The molecule has 0 spiro atoms. The van der Waals surface area contributed by atoms with Crippen LogP contribution in [0.15, 0.2) is 53.4 Å². The first-order chi connectivity index (χ1) is 16.0. The van der Waals surface area contributed by atoms with Gasteiger partial charge in [-0.1, -0.05) is 43.5 Å². The van der Waals surface area contributed by atoms with E-state index in [1.165, 1.54) is 32.1 Å². The third-order valence-corrected chi connectivity index (χ3v) is 8.46. The van der Waals surface area contributed by atoms with E-state index in [1.54, 1.807) is 36.9 Å². The number of hydrogen-bond acceptors (Lipinski definition) is 5. The Morgan fingerprint density at radius 3 is 2.64 bits per heavy atom. The molecule has 6 heteroatoms. The van der Waals surface area contributed by atoms with Crippen LogP contribution in [0.5, 0.6) is 5.75 Å². The zero-order valence-corrected chi connectivity index (χ0v) is 20.3. The van der Waals surface area contributed by atoms with E-state index in [2.05, 4.69) is 10.2 Å². The smallest absolute Gasteiger partial charge is 0.252 e. The second kappa shape index (κ2) is 11.4. The van der Waals surface area contributed by atoms with Gasteiger partial charge in [0.1, 0.15) is 5.75 Å². The van der Waals surface area contributed by atoms with Crippen LogP contribution in [0.3, 0.4) is 0 Å². The molecule has 3 N–H and O–H groups in total. The molecule has 1 heterocycles. The number of aromatic hydroxyl groups is 1. The van der Waals surface area contributed by atoms with Crippen molar-refractivity contribution in [2.45, 2.75) is 56.1 Å². The number of carbonyl (C=O) groups is 1. The van der Waals surface area contributed by atoms with Gasteiger partial charge in [0.05, 0.1) is 12.1 Å². The Morgan fingerprint density at radius 1 is 1.09 bits per heavy atom. The molecule has 1 saturated heterocycles. The lowest BCUT2D eigenvalue weighted by molar-refractivity contribution is 0.0344. The molecule has 1 aliphatic carbocycles. The van der Waals surface area contributed by atoms with E-state index >= 15 is 0 Å². The number of aliphatic hydroxyl groups excluding tert-OH is 1. The molecule has 2 fully saturated rings. The minimum atomic E-state index is -0.664. The van der Waals surface area contributed by atoms with Crippen LogP contribution in [0, 0.1) is 18.8 Å². The number of amides is 1. The molecule has 33 heavy (non-hydrogen) atoms. The number of rotatable bonds is 8. The maximum Gasteiger partial charge on any atom is 0.252 e. The van der Waals surface area contributed by atoms with Crippen molar-refractivity contribution in [2.75, 3.05) is 25.4 Å². The van der Waals surface area contributed by atoms with Crippen LogP contribution < -0.4 is 5.32 Å². The van der Waals surface area contributed by atoms with E-state index in [9.17, 15) is 15.0 Å². The molecule has 178 valence electrons. The monoisotopic (exact) mass is 468 g/mol. The summed E-state index contributed by atoms with van der Waals surface area (Å²) in [6.45, 7) is 4.39. The molecule has 1 saturated carbocycles. The first-order valence-electron chi connectivity index (χ1n) is 12.2. The minimum Gasteiger partial charge on any atom is -0.508 e. The number of nitrogens with one attached hydrogen (secondary N) is 1. The number of thioether (sulfide) groups is 1. The summed E-state index contributed by atoms with van der Waals surface area (Å²) in [5.74, 6) is 2.03. The summed E-state index contributed by atoms with van der Waals surface area (Å²) in [5.41, 5.74) is 0.998. The van der Waals surface area contributed by atoms with Crippen molar-refractivity contribution in [1.29, 1.82) is 0 Å². The molecule has 4 rings (SSSR count). The van der Waals surface area contributed by atoms with E-state index in [-0.39, 0.29) is 11.7 Å². The third kappa shape index (κ3) is 6.31. The van der Waals surface area contributed by atoms with E-state index in [0.29, 0.717) is 23.4 Å². The molecule has 1 aliphatic heterocycles.